The molecule has 0 aliphatic carbocycles. The molecule has 0 radical (unpaired) electrons. The van der Waals surface area contributed by atoms with E-state index in [1.165, 1.54) is 10.8 Å². The number of H-pyrrole nitrogens is 1. The van der Waals surface area contributed by atoms with Crippen molar-refractivity contribution in [2.24, 2.45) is 0 Å². The second kappa shape index (κ2) is 4.63. The number of hydrogen-bond donors (Lipinski definition) is 1. The number of rotatable bonds is 1. The Bertz CT molecular complexity index is 768. The highest BCUT2D eigenvalue weighted by atomic mass is 79.9. The number of nitriles is 1. The highest BCUT2D eigenvalue weighted by molar-refractivity contribution is 9.10. The Morgan fingerprint density at radius 2 is 2.11 bits per heavy atom. The third-order valence-corrected chi connectivity index (χ3v) is 3.35. The third kappa shape index (κ3) is 2.13. The predicted octanol–water partition coefficient (Wildman–Crippen LogP) is 1.47. The van der Waals surface area contributed by atoms with E-state index in [0.29, 0.717) is 5.69 Å². The second-order valence-corrected chi connectivity index (χ2v) is 4.57. The molecule has 1 aromatic carbocycles. The zero-order valence-corrected chi connectivity index (χ0v) is 11.0. The van der Waals surface area contributed by atoms with Crippen LogP contribution in [0.4, 0.5) is 0 Å². The summed E-state index contributed by atoms with van der Waals surface area (Å²) >= 11 is 3.37. The van der Waals surface area contributed by atoms with Crippen LogP contribution in [0.25, 0.3) is 5.69 Å². The standard InChI is InChI=1S/C12H8BrN3O2/c1-7-2-3-9(4-10(7)13)16-6-8(5-14)11(17)15-12(16)18/h2-4,6H,1H3,(H,15,17,18). The molecule has 2 aromatic rings. The number of aromatic amines is 1. The number of halogens is 1. The van der Waals surface area contributed by atoms with Crippen LogP contribution in [0.1, 0.15) is 11.1 Å². The minimum atomic E-state index is -0.676. The molecule has 2 rings (SSSR count). The summed E-state index contributed by atoms with van der Waals surface area (Å²) in [6.45, 7) is 1.92. The van der Waals surface area contributed by atoms with E-state index in [2.05, 4.69) is 20.9 Å². The zero-order valence-electron chi connectivity index (χ0n) is 9.40. The quantitative estimate of drug-likeness (QED) is 0.866. The average molecular weight is 306 g/mol. The Labute approximate surface area is 110 Å². The lowest BCUT2D eigenvalue weighted by Crippen LogP contribution is -2.30. The van der Waals surface area contributed by atoms with Gasteiger partial charge in [-0.1, -0.05) is 22.0 Å². The van der Waals surface area contributed by atoms with E-state index in [1.54, 1.807) is 18.2 Å². The second-order valence-electron chi connectivity index (χ2n) is 3.72. The van der Waals surface area contributed by atoms with Crippen LogP contribution in [-0.4, -0.2) is 9.55 Å². The van der Waals surface area contributed by atoms with Crippen LogP contribution in [0, 0.1) is 18.3 Å². The highest BCUT2D eigenvalue weighted by Crippen LogP contribution is 2.19. The van der Waals surface area contributed by atoms with Crippen molar-refractivity contribution in [3.8, 4) is 11.8 Å². The Kier molecular flexibility index (Phi) is 3.17. The Hall–Kier alpha value is -2.13. The molecule has 1 N–H and O–H groups in total. The Morgan fingerprint density at radius 1 is 1.39 bits per heavy atom. The van der Waals surface area contributed by atoms with Gasteiger partial charge in [0, 0.05) is 10.7 Å². The van der Waals surface area contributed by atoms with Gasteiger partial charge in [0.25, 0.3) is 5.56 Å². The van der Waals surface area contributed by atoms with E-state index >= 15 is 0 Å². The molecule has 0 atom stereocenters. The molecule has 5 nitrogen and oxygen atoms in total. The normalized spacial score (nSPS) is 10.1. The van der Waals surface area contributed by atoms with Crippen molar-refractivity contribution in [1.29, 1.82) is 5.26 Å². The van der Waals surface area contributed by atoms with Gasteiger partial charge in [0.05, 0.1) is 5.69 Å². The topological polar surface area (TPSA) is 78.7 Å². The van der Waals surface area contributed by atoms with Crippen molar-refractivity contribution in [1.82, 2.24) is 9.55 Å². The van der Waals surface area contributed by atoms with Crippen LogP contribution >= 0.6 is 15.9 Å². The first-order chi connectivity index (χ1) is 8.52. The van der Waals surface area contributed by atoms with Crippen LogP contribution < -0.4 is 11.2 Å². The predicted molar refractivity (Wildman–Crippen MR) is 69.8 cm³/mol. The van der Waals surface area contributed by atoms with Gasteiger partial charge >= 0.3 is 5.69 Å². The fourth-order valence-corrected chi connectivity index (χ4v) is 1.84. The molecule has 0 fully saturated rings. The van der Waals surface area contributed by atoms with Gasteiger partial charge in [-0.05, 0) is 24.6 Å². The van der Waals surface area contributed by atoms with Crippen molar-refractivity contribution < 1.29 is 0 Å². The van der Waals surface area contributed by atoms with Gasteiger partial charge in [-0.3, -0.25) is 14.3 Å². The molecule has 18 heavy (non-hydrogen) atoms. The lowest BCUT2D eigenvalue weighted by molar-refractivity contribution is 0.888. The molecule has 1 heterocycles. The molecule has 6 heteroatoms. The molecule has 0 aliphatic heterocycles. The van der Waals surface area contributed by atoms with Gasteiger partial charge in [0.15, 0.2) is 0 Å². The molecule has 90 valence electrons. The average Bonchev–Trinajstić information content (AvgIpc) is 2.33. The largest absolute Gasteiger partial charge is 0.332 e. The maximum atomic E-state index is 11.7. The van der Waals surface area contributed by atoms with E-state index < -0.39 is 11.2 Å². The minimum absolute atomic E-state index is 0.105. The van der Waals surface area contributed by atoms with Crippen molar-refractivity contribution in [3.05, 3.63) is 60.8 Å². The number of aromatic nitrogens is 2. The Balaban J connectivity index is 2.72. The van der Waals surface area contributed by atoms with Crippen LogP contribution in [0.3, 0.4) is 0 Å². The van der Waals surface area contributed by atoms with Gasteiger partial charge in [-0.25, -0.2) is 4.79 Å². The summed E-state index contributed by atoms with van der Waals surface area (Å²) in [7, 11) is 0. The first-order valence-corrected chi connectivity index (χ1v) is 5.85. The fourth-order valence-electron chi connectivity index (χ4n) is 1.47. The zero-order chi connectivity index (χ0) is 13.3. The van der Waals surface area contributed by atoms with Gasteiger partial charge < -0.3 is 0 Å². The molecule has 0 amide bonds. The van der Waals surface area contributed by atoms with Gasteiger partial charge in [0.2, 0.25) is 0 Å². The van der Waals surface area contributed by atoms with E-state index in [0.717, 1.165) is 10.0 Å². The molecular weight excluding hydrogens is 298 g/mol. The summed E-state index contributed by atoms with van der Waals surface area (Å²) in [6, 6.07) is 7.06. The van der Waals surface area contributed by atoms with Crippen LogP contribution in [0.2, 0.25) is 0 Å². The minimum Gasteiger partial charge on any atom is -0.273 e. The fraction of sp³-hybridized carbons (Fsp3) is 0.0833. The molecule has 0 saturated carbocycles. The summed E-state index contributed by atoms with van der Waals surface area (Å²) in [4.78, 5) is 25.1. The van der Waals surface area contributed by atoms with E-state index in [-0.39, 0.29) is 5.56 Å². The van der Waals surface area contributed by atoms with Crippen LogP contribution in [0.15, 0.2) is 38.5 Å². The molecule has 0 bridgehead atoms. The summed E-state index contributed by atoms with van der Waals surface area (Å²) < 4.78 is 2.07. The SMILES string of the molecule is Cc1ccc(-n2cc(C#N)c(=O)[nH]c2=O)cc1Br. The van der Waals surface area contributed by atoms with Gasteiger partial charge in [-0.2, -0.15) is 5.26 Å². The molecule has 0 aliphatic rings. The van der Waals surface area contributed by atoms with Crippen LogP contribution in [0.5, 0.6) is 0 Å². The molecular formula is C12H8BrN3O2. The number of hydrogen-bond acceptors (Lipinski definition) is 3. The first-order valence-electron chi connectivity index (χ1n) is 5.05. The molecule has 0 spiro atoms. The van der Waals surface area contributed by atoms with Gasteiger partial charge in [-0.15, -0.1) is 0 Å². The van der Waals surface area contributed by atoms with Gasteiger partial charge in [0.1, 0.15) is 11.6 Å². The summed E-state index contributed by atoms with van der Waals surface area (Å²) in [5.74, 6) is 0. The van der Waals surface area contributed by atoms with E-state index in [4.69, 9.17) is 5.26 Å². The van der Waals surface area contributed by atoms with Crippen molar-refractivity contribution >= 4 is 15.9 Å². The number of aryl methyl sites for hydroxylation is 1. The van der Waals surface area contributed by atoms with Crippen LogP contribution in [-0.2, 0) is 0 Å². The number of nitrogens with one attached hydrogen (secondary N) is 1. The maximum Gasteiger partial charge on any atom is 0.332 e. The Morgan fingerprint density at radius 3 is 2.72 bits per heavy atom. The molecule has 0 saturated heterocycles. The highest BCUT2D eigenvalue weighted by Gasteiger charge is 2.06. The maximum absolute atomic E-state index is 11.7. The first kappa shape index (κ1) is 12.3. The number of nitrogens with zero attached hydrogens (tertiary/aromatic N) is 2. The summed E-state index contributed by atoms with van der Waals surface area (Å²) in [6.07, 6.45) is 1.23. The smallest absolute Gasteiger partial charge is 0.273 e. The lowest BCUT2D eigenvalue weighted by Gasteiger charge is -2.07. The van der Waals surface area contributed by atoms with Crippen molar-refractivity contribution in [2.45, 2.75) is 6.92 Å². The number of benzene rings is 1. The summed E-state index contributed by atoms with van der Waals surface area (Å²) in [5, 5.41) is 8.78. The van der Waals surface area contributed by atoms with Crippen molar-refractivity contribution in [2.75, 3.05) is 0 Å². The van der Waals surface area contributed by atoms with Crippen molar-refractivity contribution in [3.63, 3.8) is 0 Å². The van der Waals surface area contributed by atoms with E-state index in [1.807, 2.05) is 13.0 Å². The molecule has 0 unspecified atom stereocenters. The summed E-state index contributed by atoms with van der Waals surface area (Å²) in [5.41, 5.74) is 0.243. The molecule has 1 aromatic heterocycles. The lowest BCUT2D eigenvalue weighted by atomic mass is 10.2. The monoisotopic (exact) mass is 305 g/mol. The third-order valence-electron chi connectivity index (χ3n) is 2.50. The van der Waals surface area contributed by atoms with E-state index in [9.17, 15) is 9.59 Å².